The highest BCUT2D eigenvalue weighted by molar-refractivity contribution is 14.0. The normalized spacial score (nSPS) is 10.9. The average Bonchev–Trinajstić information content (AvgIpc) is 3.19. The Labute approximate surface area is 185 Å². The fourth-order valence-electron chi connectivity index (χ4n) is 2.37. The zero-order valence-electron chi connectivity index (χ0n) is 15.4. The molecule has 8 heteroatoms. The number of rotatable bonds is 7. The summed E-state index contributed by atoms with van der Waals surface area (Å²) in [6, 6.07) is 11.8. The van der Waals surface area contributed by atoms with Crippen LogP contribution in [0.25, 0.3) is 0 Å². The SMILES string of the molecule is CCNC(=NCc1ccsc1)NCc1cccnc1Oc1cccc(F)c1.I. The van der Waals surface area contributed by atoms with Crippen molar-refractivity contribution in [1.82, 2.24) is 15.6 Å². The number of pyridine rings is 1. The van der Waals surface area contributed by atoms with Crippen LogP contribution in [-0.2, 0) is 13.1 Å². The summed E-state index contributed by atoms with van der Waals surface area (Å²) in [5.41, 5.74) is 2.02. The van der Waals surface area contributed by atoms with Crippen LogP contribution in [0.1, 0.15) is 18.1 Å². The highest BCUT2D eigenvalue weighted by atomic mass is 127. The van der Waals surface area contributed by atoms with Gasteiger partial charge >= 0.3 is 0 Å². The molecule has 0 radical (unpaired) electrons. The smallest absolute Gasteiger partial charge is 0.224 e. The monoisotopic (exact) mass is 512 g/mol. The molecule has 3 aromatic rings. The van der Waals surface area contributed by atoms with E-state index < -0.39 is 0 Å². The number of ether oxygens (including phenoxy) is 1. The van der Waals surface area contributed by atoms with Crippen LogP contribution in [0.4, 0.5) is 4.39 Å². The summed E-state index contributed by atoms with van der Waals surface area (Å²) in [5, 5.41) is 10.6. The molecule has 3 rings (SSSR count). The first-order valence-corrected chi connectivity index (χ1v) is 9.59. The van der Waals surface area contributed by atoms with Crippen LogP contribution in [0.3, 0.4) is 0 Å². The number of halogens is 2. The molecular weight excluding hydrogens is 490 g/mol. The Morgan fingerprint density at radius 2 is 2.11 bits per heavy atom. The van der Waals surface area contributed by atoms with E-state index in [0.717, 1.165) is 12.1 Å². The number of thiophene rings is 1. The zero-order chi connectivity index (χ0) is 18.9. The molecule has 0 bridgehead atoms. The van der Waals surface area contributed by atoms with Crippen molar-refractivity contribution in [3.8, 4) is 11.6 Å². The highest BCUT2D eigenvalue weighted by Gasteiger charge is 2.08. The van der Waals surface area contributed by atoms with Crippen LogP contribution in [0, 0.1) is 5.82 Å². The van der Waals surface area contributed by atoms with E-state index >= 15 is 0 Å². The summed E-state index contributed by atoms with van der Waals surface area (Å²) < 4.78 is 19.1. The van der Waals surface area contributed by atoms with E-state index in [2.05, 4.69) is 32.1 Å². The van der Waals surface area contributed by atoms with Crippen molar-refractivity contribution in [3.63, 3.8) is 0 Å². The first-order valence-electron chi connectivity index (χ1n) is 8.65. The molecule has 0 saturated heterocycles. The molecule has 148 valence electrons. The lowest BCUT2D eigenvalue weighted by molar-refractivity contribution is 0.450. The Morgan fingerprint density at radius 3 is 2.86 bits per heavy atom. The summed E-state index contributed by atoms with van der Waals surface area (Å²) in [6.07, 6.45) is 1.65. The second-order valence-electron chi connectivity index (χ2n) is 5.71. The minimum atomic E-state index is -0.349. The third kappa shape index (κ3) is 6.75. The van der Waals surface area contributed by atoms with Crippen LogP contribution in [0.5, 0.6) is 11.6 Å². The quantitative estimate of drug-likeness (QED) is 0.267. The van der Waals surface area contributed by atoms with Crippen molar-refractivity contribution in [2.75, 3.05) is 6.54 Å². The number of aliphatic imine (C=N–C) groups is 1. The van der Waals surface area contributed by atoms with E-state index in [0.29, 0.717) is 30.7 Å². The maximum absolute atomic E-state index is 13.4. The van der Waals surface area contributed by atoms with E-state index in [1.807, 2.05) is 24.4 Å². The molecule has 0 fully saturated rings. The van der Waals surface area contributed by atoms with Crippen LogP contribution in [-0.4, -0.2) is 17.5 Å². The molecule has 5 nitrogen and oxygen atoms in total. The molecule has 0 spiro atoms. The van der Waals surface area contributed by atoms with Gasteiger partial charge in [-0.3, -0.25) is 0 Å². The Bertz CT molecular complexity index is 889. The van der Waals surface area contributed by atoms with Gasteiger partial charge in [-0.2, -0.15) is 11.3 Å². The summed E-state index contributed by atoms with van der Waals surface area (Å²) in [7, 11) is 0. The first-order chi connectivity index (χ1) is 13.2. The van der Waals surface area contributed by atoms with Crippen LogP contribution < -0.4 is 15.4 Å². The number of guanidine groups is 1. The lowest BCUT2D eigenvalue weighted by Gasteiger charge is -2.13. The van der Waals surface area contributed by atoms with Gasteiger partial charge in [-0.25, -0.2) is 14.4 Å². The number of nitrogens with one attached hydrogen (secondary N) is 2. The number of hydrogen-bond acceptors (Lipinski definition) is 4. The van der Waals surface area contributed by atoms with E-state index in [1.165, 1.54) is 17.7 Å². The number of benzene rings is 1. The maximum atomic E-state index is 13.4. The van der Waals surface area contributed by atoms with Crippen molar-refractivity contribution in [2.24, 2.45) is 4.99 Å². The molecule has 2 heterocycles. The lowest BCUT2D eigenvalue weighted by atomic mass is 10.2. The maximum Gasteiger partial charge on any atom is 0.224 e. The largest absolute Gasteiger partial charge is 0.439 e. The molecule has 0 atom stereocenters. The molecule has 0 saturated carbocycles. The van der Waals surface area contributed by atoms with Crippen molar-refractivity contribution in [1.29, 1.82) is 0 Å². The Hall–Kier alpha value is -2.20. The van der Waals surface area contributed by atoms with Crippen molar-refractivity contribution >= 4 is 41.3 Å². The predicted octanol–water partition coefficient (Wildman–Crippen LogP) is 4.95. The summed E-state index contributed by atoms with van der Waals surface area (Å²) in [5.74, 6) is 1.21. The standard InChI is InChI=1S/C20H21FN4OS.HI/c1-2-22-20(24-12-15-8-10-27-14-15)25-13-16-5-4-9-23-19(16)26-18-7-3-6-17(21)11-18;/h3-11,14H,2,12-13H2,1H3,(H2,22,24,25);1H. The van der Waals surface area contributed by atoms with Gasteiger partial charge < -0.3 is 15.4 Å². The van der Waals surface area contributed by atoms with Gasteiger partial charge in [-0.1, -0.05) is 12.1 Å². The van der Waals surface area contributed by atoms with Crippen LogP contribution in [0.2, 0.25) is 0 Å². The third-order valence-corrected chi connectivity index (χ3v) is 4.38. The van der Waals surface area contributed by atoms with Crippen molar-refractivity contribution in [3.05, 3.63) is 76.4 Å². The second-order valence-corrected chi connectivity index (χ2v) is 6.49. The molecule has 2 N–H and O–H groups in total. The van der Waals surface area contributed by atoms with E-state index in [9.17, 15) is 4.39 Å². The lowest BCUT2D eigenvalue weighted by Crippen LogP contribution is -2.36. The molecule has 0 amide bonds. The van der Waals surface area contributed by atoms with Crippen LogP contribution >= 0.6 is 35.3 Å². The number of aromatic nitrogens is 1. The molecule has 0 unspecified atom stereocenters. The van der Waals surface area contributed by atoms with Gasteiger partial charge in [-0.15, -0.1) is 24.0 Å². The fourth-order valence-corrected chi connectivity index (χ4v) is 3.03. The molecule has 2 aromatic heterocycles. The van der Waals surface area contributed by atoms with Gasteiger partial charge in [0, 0.05) is 30.9 Å². The van der Waals surface area contributed by atoms with Gasteiger partial charge in [0.15, 0.2) is 5.96 Å². The third-order valence-electron chi connectivity index (χ3n) is 3.65. The van der Waals surface area contributed by atoms with Gasteiger partial charge in [0.2, 0.25) is 5.88 Å². The molecule has 0 aliphatic carbocycles. The van der Waals surface area contributed by atoms with E-state index in [4.69, 9.17) is 4.74 Å². The molecule has 1 aromatic carbocycles. The highest BCUT2D eigenvalue weighted by Crippen LogP contribution is 2.23. The predicted molar refractivity (Wildman–Crippen MR) is 122 cm³/mol. The van der Waals surface area contributed by atoms with Gasteiger partial charge in [0.1, 0.15) is 11.6 Å². The molecule has 28 heavy (non-hydrogen) atoms. The summed E-state index contributed by atoms with van der Waals surface area (Å²) >= 11 is 1.66. The molecule has 0 aliphatic rings. The van der Waals surface area contributed by atoms with Crippen molar-refractivity contribution < 1.29 is 9.13 Å². The number of hydrogen-bond donors (Lipinski definition) is 2. The van der Waals surface area contributed by atoms with Gasteiger partial charge in [0.25, 0.3) is 0 Å². The minimum absolute atomic E-state index is 0. The number of nitrogens with zero attached hydrogens (tertiary/aromatic N) is 2. The van der Waals surface area contributed by atoms with E-state index in [-0.39, 0.29) is 29.8 Å². The Kier molecular flexibility index (Phi) is 9.15. The Morgan fingerprint density at radius 1 is 1.21 bits per heavy atom. The molecule has 0 aliphatic heterocycles. The van der Waals surface area contributed by atoms with Gasteiger partial charge in [-0.05, 0) is 47.5 Å². The average molecular weight is 512 g/mol. The fraction of sp³-hybridized carbons (Fsp3) is 0.200. The van der Waals surface area contributed by atoms with Crippen molar-refractivity contribution in [2.45, 2.75) is 20.0 Å². The topological polar surface area (TPSA) is 58.5 Å². The summed E-state index contributed by atoms with van der Waals surface area (Å²) in [4.78, 5) is 8.86. The minimum Gasteiger partial charge on any atom is -0.439 e. The Balaban J connectivity index is 0.00000280. The first kappa shape index (κ1) is 22.1. The summed E-state index contributed by atoms with van der Waals surface area (Å²) in [6.45, 7) is 3.87. The van der Waals surface area contributed by atoms with Gasteiger partial charge in [0.05, 0.1) is 6.54 Å². The zero-order valence-corrected chi connectivity index (χ0v) is 18.5. The second kappa shape index (κ2) is 11.6. The van der Waals surface area contributed by atoms with E-state index in [1.54, 1.807) is 29.7 Å². The van der Waals surface area contributed by atoms with Crippen LogP contribution in [0.15, 0.2) is 64.4 Å². The molecular formula is C20H22FIN4OS.